The quantitative estimate of drug-likeness (QED) is 0.843. The monoisotopic (exact) mass is 283 g/mol. The Morgan fingerprint density at radius 2 is 2.10 bits per heavy atom. The van der Waals surface area contributed by atoms with Crippen LogP contribution in [0.15, 0.2) is 30.5 Å². The number of nitrogens with one attached hydrogen (secondary N) is 2. The summed E-state index contributed by atoms with van der Waals surface area (Å²) in [5.74, 6) is 0.0933. The van der Waals surface area contributed by atoms with Gasteiger partial charge in [0.2, 0.25) is 0 Å². The van der Waals surface area contributed by atoms with E-state index in [0.717, 1.165) is 0 Å². The van der Waals surface area contributed by atoms with Gasteiger partial charge >= 0.3 is 6.03 Å². The second-order valence-corrected chi connectivity index (χ2v) is 4.39. The van der Waals surface area contributed by atoms with Crippen LogP contribution in [0.3, 0.4) is 0 Å². The maximum Gasteiger partial charge on any atom is 0.324 e. The van der Waals surface area contributed by atoms with Gasteiger partial charge in [-0.05, 0) is 19.1 Å². The highest BCUT2D eigenvalue weighted by Crippen LogP contribution is 2.14. The van der Waals surface area contributed by atoms with Crippen molar-refractivity contribution >= 4 is 23.3 Å². The van der Waals surface area contributed by atoms with Gasteiger partial charge in [-0.15, -0.1) is 0 Å². The van der Waals surface area contributed by atoms with Crippen LogP contribution in [0.25, 0.3) is 0 Å². The molecule has 2 amide bonds. The largest absolute Gasteiger partial charge is 0.324 e. The molecule has 0 radical (unpaired) electrons. The van der Waals surface area contributed by atoms with Crippen LogP contribution in [-0.4, -0.2) is 21.6 Å². The fraction of sp³-hybridized carbons (Fsp3) is 0.143. The van der Waals surface area contributed by atoms with Crippen LogP contribution in [0.5, 0.6) is 0 Å². The van der Waals surface area contributed by atoms with Gasteiger partial charge in [-0.25, -0.2) is 4.79 Å². The van der Waals surface area contributed by atoms with Gasteiger partial charge in [0, 0.05) is 24.5 Å². The normalized spacial score (nSPS) is 9.76. The maximum absolute atomic E-state index is 11.9. The van der Waals surface area contributed by atoms with Crippen LogP contribution in [0.4, 0.5) is 16.3 Å². The van der Waals surface area contributed by atoms with Gasteiger partial charge in [-0.3, -0.25) is 14.8 Å². The fourth-order valence-corrected chi connectivity index (χ4v) is 1.75. The summed E-state index contributed by atoms with van der Waals surface area (Å²) >= 11 is 0. The van der Waals surface area contributed by atoms with Crippen LogP contribution in [0.2, 0.25) is 0 Å². The number of urea groups is 1. The Morgan fingerprint density at radius 3 is 2.76 bits per heavy atom. The fourth-order valence-electron chi connectivity index (χ4n) is 1.75. The molecule has 7 nitrogen and oxygen atoms in total. The minimum atomic E-state index is -0.536. The number of aromatic nitrogens is 2. The molecular formula is C14H13N5O2. The molecular weight excluding hydrogens is 270 g/mol. The Kier molecular flexibility index (Phi) is 4.00. The third-order valence-electron chi connectivity index (χ3n) is 2.71. The topological polar surface area (TPSA) is 99.8 Å². The third-order valence-corrected chi connectivity index (χ3v) is 2.71. The van der Waals surface area contributed by atoms with Crippen molar-refractivity contribution in [2.24, 2.45) is 7.05 Å². The molecule has 2 rings (SSSR count). The van der Waals surface area contributed by atoms with Crippen molar-refractivity contribution < 1.29 is 9.59 Å². The van der Waals surface area contributed by atoms with E-state index in [4.69, 9.17) is 5.26 Å². The predicted octanol–water partition coefficient (Wildman–Crippen LogP) is 2.14. The molecule has 0 aliphatic heterocycles. The molecule has 1 heterocycles. The first kappa shape index (κ1) is 14.3. The van der Waals surface area contributed by atoms with E-state index in [1.807, 2.05) is 6.07 Å². The van der Waals surface area contributed by atoms with Crippen LogP contribution < -0.4 is 10.6 Å². The van der Waals surface area contributed by atoms with E-state index in [9.17, 15) is 9.59 Å². The highest BCUT2D eigenvalue weighted by molar-refractivity contribution is 6.01. The molecule has 0 bridgehead atoms. The number of Topliss-reactive ketones (excluding diaryl/α,β-unsaturated/α-hetero) is 1. The molecule has 1 aromatic carbocycles. The third kappa shape index (κ3) is 3.45. The predicted molar refractivity (Wildman–Crippen MR) is 77.0 cm³/mol. The summed E-state index contributed by atoms with van der Waals surface area (Å²) in [5.41, 5.74) is 1.25. The number of amides is 2. The summed E-state index contributed by atoms with van der Waals surface area (Å²) in [5, 5.41) is 18.0. The maximum atomic E-state index is 11.9. The van der Waals surface area contributed by atoms with E-state index >= 15 is 0 Å². The van der Waals surface area contributed by atoms with Gasteiger partial charge < -0.3 is 5.32 Å². The number of carbonyl (C=O) groups is 2. The molecule has 2 aromatic rings. The van der Waals surface area contributed by atoms with E-state index in [-0.39, 0.29) is 17.2 Å². The molecule has 0 saturated heterocycles. The first-order valence-electron chi connectivity index (χ1n) is 6.12. The summed E-state index contributed by atoms with van der Waals surface area (Å²) in [6.07, 6.45) is 1.51. The molecule has 21 heavy (non-hydrogen) atoms. The number of nitrogens with zero attached hydrogens (tertiary/aromatic N) is 3. The van der Waals surface area contributed by atoms with Crippen molar-refractivity contribution in [2.75, 3.05) is 10.6 Å². The highest BCUT2D eigenvalue weighted by atomic mass is 16.2. The van der Waals surface area contributed by atoms with Crippen molar-refractivity contribution in [1.82, 2.24) is 9.78 Å². The lowest BCUT2D eigenvalue weighted by Crippen LogP contribution is -2.20. The lowest BCUT2D eigenvalue weighted by Gasteiger charge is -2.06. The molecule has 1 aromatic heterocycles. The zero-order valence-corrected chi connectivity index (χ0v) is 11.5. The Bertz CT molecular complexity index is 742. The molecule has 0 saturated carbocycles. The molecule has 0 fully saturated rings. The average Bonchev–Trinajstić information content (AvgIpc) is 2.78. The second-order valence-electron chi connectivity index (χ2n) is 4.39. The SMILES string of the molecule is CC(=O)c1cccc(NC(=O)Nc2nn(C)cc2C#N)c1. The molecule has 7 heteroatoms. The summed E-state index contributed by atoms with van der Waals surface area (Å²) < 4.78 is 1.44. The van der Waals surface area contributed by atoms with E-state index < -0.39 is 6.03 Å². The number of carbonyl (C=O) groups excluding carboxylic acids is 2. The zero-order valence-electron chi connectivity index (χ0n) is 11.5. The van der Waals surface area contributed by atoms with Crippen LogP contribution in [0, 0.1) is 11.3 Å². The van der Waals surface area contributed by atoms with Crippen molar-refractivity contribution in [3.05, 3.63) is 41.6 Å². The summed E-state index contributed by atoms with van der Waals surface area (Å²) in [6, 6.07) is 7.98. The van der Waals surface area contributed by atoms with Gasteiger partial charge in [-0.2, -0.15) is 10.4 Å². The van der Waals surface area contributed by atoms with E-state index in [0.29, 0.717) is 11.3 Å². The highest BCUT2D eigenvalue weighted by Gasteiger charge is 2.11. The number of rotatable bonds is 3. The van der Waals surface area contributed by atoms with Crippen molar-refractivity contribution in [2.45, 2.75) is 6.92 Å². The molecule has 0 atom stereocenters. The molecule has 2 N–H and O–H groups in total. The minimum absolute atomic E-state index is 0.0875. The average molecular weight is 283 g/mol. The van der Waals surface area contributed by atoms with Gasteiger partial charge in [0.25, 0.3) is 0 Å². The first-order chi connectivity index (χ1) is 9.99. The number of anilines is 2. The molecule has 0 aliphatic rings. The molecule has 0 aliphatic carbocycles. The number of benzene rings is 1. The molecule has 106 valence electrons. The van der Waals surface area contributed by atoms with E-state index in [2.05, 4.69) is 15.7 Å². The Labute approximate surface area is 121 Å². The van der Waals surface area contributed by atoms with Gasteiger partial charge in [0.15, 0.2) is 11.6 Å². The van der Waals surface area contributed by atoms with Crippen molar-refractivity contribution in [3.8, 4) is 6.07 Å². The smallest absolute Gasteiger partial charge is 0.308 e. The second kappa shape index (κ2) is 5.88. The molecule has 0 unspecified atom stereocenters. The standard InChI is InChI=1S/C14H13N5O2/c1-9(20)10-4-3-5-12(6-10)16-14(21)17-13-11(7-15)8-19(2)18-13/h3-6,8H,1-2H3,(H2,16,17,18,21). The number of hydrogen-bond donors (Lipinski definition) is 2. The van der Waals surface area contributed by atoms with Crippen molar-refractivity contribution in [3.63, 3.8) is 0 Å². The van der Waals surface area contributed by atoms with E-state index in [1.165, 1.54) is 17.8 Å². The lowest BCUT2D eigenvalue weighted by molar-refractivity contribution is 0.101. The van der Waals surface area contributed by atoms with Crippen LogP contribution in [-0.2, 0) is 7.05 Å². The number of nitriles is 1. The number of ketones is 1. The minimum Gasteiger partial charge on any atom is -0.308 e. The summed E-state index contributed by atoms with van der Waals surface area (Å²) in [7, 11) is 1.65. The van der Waals surface area contributed by atoms with Gasteiger partial charge in [0.05, 0.1) is 0 Å². The molecule has 0 spiro atoms. The van der Waals surface area contributed by atoms with E-state index in [1.54, 1.807) is 31.3 Å². The zero-order chi connectivity index (χ0) is 15.4. The number of hydrogen-bond acceptors (Lipinski definition) is 4. The van der Waals surface area contributed by atoms with Gasteiger partial charge in [0.1, 0.15) is 11.6 Å². The van der Waals surface area contributed by atoms with Gasteiger partial charge in [-0.1, -0.05) is 12.1 Å². The Balaban J connectivity index is 2.10. The summed E-state index contributed by atoms with van der Waals surface area (Å²) in [6.45, 7) is 1.45. The Morgan fingerprint density at radius 1 is 1.33 bits per heavy atom. The van der Waals surface area contributed by atoms with Crippen LogP contribution in [0.1, 0.15) is 22.8 Å². The van der Waals surface area contributed by atoms with Crippen LogP contribution >= 0.6 is 0 Å². The summed E-state index contributed by atoms with van der Waals surface area (Å²) in [4.78, 5) is 23.2. The Hall–Kier alpha value is -3.14. The first-order valence-corrected chi connectivity index (χ1v) is 6.12. The lowest BCUT2D eigenvalue weighted by atomic mass is 10.1. The number of aryl methyl sites for hydroxylation is 1. The van der Waals surface area contributed by atoms with Crippen molar-refractivity contribution in [1.29, 1.82) is 5.26 Å².